The molecule has 94 valence electrons. The van der Waals surface area contributed by atoms with Crippen LogP contribution in [0.3, 0.4) is 0 Å². The molecule has 0 aliphatic heterocycles. The normalized spacial score (nSPS) is 18.2. The molecule has 0 saturated heterocycles. The van der Waals surface area contributed by atoms with Crippen molar-refractivity contribution in [2.45, 2.75) is 31.1 Å². The Morgan fingerprint density at radius 3 is 2.41 bits per heavy atom. The Bertz CT molecular complexity index is 426. The highest BCUT2D eigenvalue weighted by Gasteiger charge is 2.62. The van der Waals surface area contributed by atoms with E-state index in [9.17, 15) is 17.6 Å². The van der Waals surface area contributed by atoms with Gasteiger partial charge in [-0.15, -0.1) is 0 Å². The predicted molar refractivity (Wildman–Crippen MR) is 56.3 cm³/mol. The Morgan fingerprint density at radius 1 is 1.29 bits per heavy atom. The lowest BCUT2D eigenvalue weighted by Crippen LogP contribution is -2.44. The number of hydrogen-bond acceptors (Lipinski definition) is 1. The first-order chi connectivity index (χ1) is 7.84. The summed E-state index contributed by atoms with van der Waals surface area (Å²) in [6.45, 7) is -0.150. The van der Waals surface area contributed by atoms with Crippen molar-refractivity contribution in [2.24, 2.45) is 0 Å². The summed E-state index contributed by atoms with van der Waals surface area (Å²) in [6.07, 6.45) is -4.19. The maximum atomic E-state index is 13.3. The highest BCUT2D eigenvalue weighted by atomic mass is 35.5. The van der Waals surface area contributed by atoms with Gasteiger partial charge in [0.1, 0.15) is 11.4 Å². The van der Waals surface area contributed by atoms with Gasteiger partial charge in [-0.25, -0.2) is 4.39 Å². The number of nitrogens with one attached hydrogen (secondary N) is 1. The van der Waals surface area contributed by atoms with Crippen molar-refractivity contribution in [3.63, 3.8) is 0 Å². The first-order valence-corrected chi connectivity index (χ1v) is 5.48. The quantitative estimate of drug-likeness (QED) is 0.824. The summed E-state index contributed by atoms with van der Waals surface area (Å²) >= 11 is 5.55. The van der Waals surface area contributed by atoms with E-state index in [2.05, 4.69) is 5.32 Å². The maximum Gasteiger partial charge on any atom is 0.406 e. The molecule has 1 aromatic carbocycles. The van der Waals surface area contributed by atoms with Crippen molar-refractivity contribution >= 4 is 11.6 Å². The van der Waals surface area contributed by atoms with Crippen molar-refractivity contribution in [2.75, 3.05) is 0 Å². The molecule has 0 unspecified atom stereocenters. The summed E-state index contributed by atoms with van der Waals surface area (Å²) in [7, 11) is 0. The lowest BCUT2D eigenvalue weighted by molar-refractivity contribution is -0.166. The number of halogens is 5. The Kier molecular flexibility index (Phi) is 3.08. The third kappa shape index (κ3) is 2.55. The minimum atomic E-state index is -4.28. The van der Waals surface area contributed by atoms with Gasteiger partial charge in [0.15, 0.2) is 0 Å². The van der Waals surface area contributed by atoms with Gasteiger partial charge < -0.3 is 0 Å². The zero-order chi connectivity index (χ0) is 12.7. The van der Waals surface area contributed by atoms with Gasteiger partial charge in [0, 0.05) is 17.1 Å². The second-order valence-corrected chi connectivity index (χ2v) is 4.61. The Morgan fingerprint density at radius 2 is 1.94 bits per heavy atom. The van der Waals surface area contributed by atoms with Crippen molar-refractivity contribution in [3.8, 4) is 0 Å². The van der Waals surface area contributed by atoms with E-state index < -0.39 is 17.5 Å². The van der Waals surface area contributed by atoms with Crippen molar-refractivity contribution in [1.82, 2.24) is 5.32 Å². The summed E-state index contributed by atoms with van der Waals surface area (Å²) in [4.78, 5) is 0. The molecule has 0 aromatic heterocycles. The van der Waals surface area contributed by atoms with Crippen LogP contribution in [-0.2, 0) is 6.54 Å². The molecular weight excluding hydrogens is 258 g/mol. The molecule has 1 nitrogen and oxygen atoms in total. The molecule has 1 aliphatic rings. The first-order valence-electron chi connectivity index (χ1n) is 5.10. The molecule has 1 aliphatic carbocycles. The molecule has 0 radical (unpaired) electrons. The van der Waals surface area contributed by atoms with Crippen LogP contribution in [0.2, 0.25) is 5.02 Å². The molecule has 1 fully saturated rings. The molecule has 17 heavy (non-hydrogen) atoms. The highest BCUT2D eigenvalue weighted by molar-refractivity contribution is 6.30. The molecule has 0 heterocycles. The number of alkyl halides is 3. The van der Waals surface area contributed by atoms with Crippen LogP contribution in [0.1, 0.15) is 18.4 Å². The topological polar surface area (TPSA) is 12.0 Å². The average molecular weight is 268 g/mol. The van der Waals surface area contributed by atoms with E-state index in [1.54, 1.807) is 0 Å². The predicted octanol–water partition coefficient (Wildman–Crippen LogP) is 3.66. The average Bonchev–Trinajstić information content (AvgIpc) is 2.96. The first kappa shape index (κ1) is 12.6. The fourth-order valence-corrected chi connectivity index (χ4v) is 1.77. The number of benzene rings is 1. The van der Waals surface area contributed by atoms with Gasteiger partial charge in [0.25, 0.3) is 0 Å². The summed E-state index contributed by atoms with van der Waals surface area (Å²) in [6, 6.07) is 3.93. The minimum Gasteiger partial charge on any atom is -0.299 e. The van der Waals surface area contributed by atoms with E-state index in [1.807, 2.05) is 0 Å². The highest BCUT2D eigenvalue weighted by Crippen LogP contribution is 2.49. The third-order valence-corrected chi connectivity index (χ3v) is 3.16. The minimum absolute atomic E-state index is 0.0473. The van der Waals surface area contributed by atoms with E-state index in [1.165, 1.54) is 12.1 Å². The molecule has 0 amide bonds. The van der Waals surface area contributed by atoms with Gasteiger partial charge >= 0.3 is 6.18 Å². The largest absolute Gasteiger partial charge is 0.406 e. The van der Waals surface area contributed by atoms with Crippen LogP contribution < -0.4 is 5.32 Å². The zero-order valence-corrected chi connectivity index (χ0v) is 9.50. The second-order valence-electron chi connectivity index (χ2n) is 4.17. The molecule has 1 aromatic rings. The van der Waals surface area contributed by atoms with Gasteiger partial charge in [-0.05, 0) is 25.0 Å². The third-order valence-electron chi connectivity index (χ3n) is 2.92. The standard InChI is InChI=1S/C11H10ClF4N/c12-8-2-1-7(9(13)5-8)6-17-10(3-4-10)11(14,15)16/h1-2,5,17H,3-4,6H2. The molecule has 6 heteroatoms. The van der Waals surface area contributed by atoms with Crippen molar-refractivity contribution in [1.29, 1.82) is 0 Å². The van der Waals surface area contributed by atoms with Gasteiger partial charge in [0.05, 0.1) is 0 Å². The van der Waals surface area contributed by atoms with E-state index in [4.69, 9.17) is 11.6 Å². The smallest absolute Gasteiger partial charge is 0.299 e. The molecule has 0 bridgehead atoms. The second kappa shape index (κ2) is 4.14. The van der Waals surface area contributed by atoms with Crippen LogP contribution in [0.15, 0.2) is 18.2 Å². The van der Waals surface area contributed by atoms with Gasteiger partial charge in [-0.1, -0.05) is 17.7 Å². The van der Waals surface area contributed by atoms with Gasteiger partial charge in [-0.2, -0.15) is 13.2 Å². The Hall–Kier alpha value is -0.810. The fourth-order valence-electron chi connectivity index (χ4n) is 1.61. The SMILES string of the molecule is Fc1cc(Cl)ccc1CNC1(C(F)(F)F)CC1. The van der Waals surface area contributed by atoms with Crippen LogP contribution >= 0.6 is 11.6 Å². The van der Waals surface area contributed by atoms with E-state index in [0.29, 0.717) is 0 Å². The molecule has 0 atom stereocenters. The van der Waals surface area contributed by atoms with Crippen LogP contribution in [0, 0.1) is 5.82 Å². The van der Waals surface area contributed by atoms with Crippen molar-refractivity contribution < 1.29 is 17.6 Å². The summed E-state index contributed by atoms with van der Waals surface area (Å²) in [5.41, 5.74) is -1.64. The van der Waals surface area contributed by atoms with Crippen LogP contribution in [0.4, 0.5) is 17.6 Å². The van der Waals surface area contributed by atoms with Gasteiger partial charge in [-0.3, -0.25) is 5.32 Å². The number of hydrogen-bond donors (Lipinski definition) is 1. The van der Waals surface area contributed by atoms with Crippen molar-refractivity contribution in [3.05, 3.63) is 34.6 Å². The summed E-state index contributed by atoms with van der Waals surface area (Å²) in [5.74, 6) is -0.594. The number of rotatable bonds is 3. The van der Waals surface area contributed by atoms with E-state index in [0.717, 1.165) is 6.07 Å². The van der Waals surface area contributed by atoms with Crippen LogP contribution in [0.25, 0.3) is 0 Å². The molecule has 1 saturated carbocycles. The summed E-state index contributed by atoms with van der Waals surface area (Å²) in [5, 5.41) is 2.60. The molecule has 2 rings (SSSR count). The van der Waals surface area contributed by atoms with E-state index in [-0.39, 0.29) is 30.0 Å². The lowest BCUT2D eigenvalue weighted by Gasteiger charge is -2.20. The fraction of sp³-hybridized carbons (Fsp3) is 0.455. The van der Waals surface area contributed by atoms with Crippen LogP contribution in [-0.4, -0.2) is 11.7 Å². The zero-order valence-electron chi connectivity index (χ0n) is 8.74. The monoisotopic (exact) mass is 267 g/mol. The lowest BCUT2D eigenvalue weighted by atomic mass is 10.2. The Labute approximate surface area is 101 Å². The maximum absolute atomic E-state index is 13.3. The van der Waals surface area contributed by atoms with Crippen LogP contribution in [0.5, 0.6) is 0 Å². The Balaban J connectivity index is 2.04. The molecular formula is C11H10ClF4N. The molecule has 0 spiro atoms. The van der Waals surface area contributed by atoms with E-state index >= 15 is 0 Å². The van der Waals surface area contributed by atoms with Gasteiger partial charge in [0.2, 0.25) is 0 Å². The molecule has 1 N–H and O–H groups in total. The summed E-state index contributed by atoms with van der Waals surface area (Å²) < 4.78 is 51.1.